The molecule has 1 aliphatic heterocycles. The molecule has 2 heterocycles. The van der Waals surface area contributed by atoms with Gasteiger partial charge in [-0.15, -0.1) is 0 Å². The molecule has 2 amide bonds. The van der Waals surface area contributed by atoms with E-state index in [0.29, 0.717) is 25.3 Å². The second-order valence-electron chi connectivity index (χ2n) is 5.69. The molecule has 1 aliphatic rings. The van der Waals surface area contributed by atoms with Crippen LogP contribution in [0.5, 0.6) is 0 Å². The number of imidazole rings is 1. The van der Waals surface area contributed by atoms with Crippen LogP contribution in [0.15, 0.2) is 12.4 Å². The standard InChI is InChI=1S/C14H22N4O3/c1-10(2)18-8-6-15-12(18)13(19)17-7-5-11(9-17)21-14(20)16(3)4/h6,8,10-11H,5,7,9H2,1-4H3/t11-/m0/s1. The van der Waals surface area contributed by atoms with Gasteiger partial charge in [-0.3, -0.25) is 4.79 Å². The van der Waals surface area contributed by atoms with Gasteiger partial charge in [0.05, 0.1) is 6.54 Å². The highest BCUT2D eigenvalue weighted by molar-refractivity contribution is 5.91. The van der Waals surface area contributed by atoms with Crippen molar-refractivity contribution in [2.75, 3.05) is 27.2 Å². The lowest BCUT2D eigenvalue weighted by atomic mass is 10.3. The minimum absolute atomic E-state index is 0.114. The fourth-order valence-electron chi connectivity index (χ4n) is 2.29. The van der Waals surface area contributed by atoms with Crippen molar-refractivity contribution < 1.29 is 14.3 Å². The molecule has 0 unspecified atom stereocenters. The first-order valence-electron chi connectivity index (χ1n) is 7.10. The number of aromatic nitrogens is 2. The quantitative estimate of drug-likeness (QED) is 0.844. The molecule has 116 valence electrons. The van der Waals surface area contributed by atoms with E-state index in [1.165, 1.54) is 4.90 Å². The SMILES string of the molecule is CC(C)n1ccnc1C(=O)N1CC[C@H](OC(=O)N(C)C)C1. The number of rotatable bonds is 3. The Morgan fingerprint density at radius 1 is 1.43 bits per heavy atom. The van der Waals surface area contributed by atoms with Gasteiger partial charge in [-0.1, -0.05) is 0 Å². The molecule has 7 nitrogen and oxygen atoms in total. The largest absolute Gasteiger partial charge is 0.444 e. The second kappa shape index (κ2) is 6.15. The summed E-state index contributed by atoms with van der Waals surface area (Å²) in [6, 6.07) is 0.177. The van der Waals surface area contributed by atoms with Crippen molar-refractivity contribution in [2.24, 2.45) is 0 Å². The van der Waals surface area contributed by atoms with Crippen molar-refractivity contribution >= 4 is 12.0 Å². The Labute approximate surface area is 124 Å². The molecule has 1 saturated heterocycles. The summed E-state index contributed by atoms with van der Waals surface area (Å²) in [5.74, 6) is 0.321. The van der Waals surface area contributed by atoms with Crippen molar-refractivity contribution in [2.45, 2.75) is 32.4 Å². The van der Waals surface area contributed by atoms with Gasteiger partial charge < -0.3 is 19.1 Å². The first-order valence-corrected chi connectivity index (χ1v) is 7.10. The van der Waals surface area contributed by atoms with Gasteiger partial charge in [0.25, 0.3) is 5.91 Å². The number of hydrogen-bond acceptors (Lipinski definition) is 4. The van der Waals surface area contributed by atoms with E-state index >= 15 is 0 Å². The van der Waals surface area contributed by atoms with Crippen LogP contribution in [0, 0.1) is 0 Å². The van der Waals surface area contributed by atoms with E-state index in [-0.39, 0.29) is 24.1 Å². The van der Waals surface area contributed by atoms with Gasteiger partial charge in [0.15, 0.2) is 5.82 Å². The molecule has 7 heteroatoms. The zero-order valence-electron chi connectivity index (χ0n) is 12.9. The highest BCUT2D eigenvalue weighted by Gasteiger charge is 2.31. The molecule has 1 atom stereocenters. The maximum absolute atomic E-state index is 12.5. The van der Waals surface area contributed by atoms with Gasteiger partial charge in [0.1, 0.15) is 6.10 Å². The van der Waals surface area contributed by atoms with Gasteiger partial charge >= 0.3 is 6.09 Å². The highest BCUT2D eigenvalue weighted by atomic mass is 16.6. The van der Waals surface area contributed by atoms with Crippen LogP contribution >= 0.6 is 0 Å². The van der Waals surface area contributed by atoms with Gasteiger partial charge in [-0.2, -0.15) is 0 Å². The molecule has 0 radical (unpaired) electrons. The molecule has 0 aliphatic carbocycles. The Kier molecular flexibility index (Phi) is 4.50. The summed E-state index contributed by atoms with van der Waals surface area (Å²) < 4.78 is 7.16. The summed E-state index contributed by atoms with van der Waals surface area (Å²) in [5, 5.41) is 0. The number of carbonyl (C=O) groups is 2. The van der Waals surface area contributed by atoms with Crippen molar-refractivity contribution in [1.29, 1.82) is 0 Å². The summed E-state index contributed by atoms with van der Waals surface area (Å²) in [6.07, 6.45) is 3.47. The molecule has 1 aromatic heterocycles. The fourth-order valence-corrected chi connectivity index (χ4v) is 2.29. The predicted molar refractivity (Wildman–Crippen MR) is 77.1 cm³/mol. The second-order valence-corrected chi connectivity index (χ2v) is 5.69. The van der Waals surface area contributed by atoms with Crippen molar-refractivity contribution in [3.8, 4) is 0 Å². The summed E-state index contributed by atoms with van der Waals surface area (Å²) in [6.45, 7) is 5.01. The Bertz CT molecular complexity index is 524. The molecule has 0 aromatic carbocycles. The topological polar surface area (TPSA) is 67.7 Å². The summed E-state index contributed by atoms with van der Waals surface area (Å²) in [4.78, 5) is 31.2. The average Bonchev–Trinajstić information content (AvgIpc) is 3.06. The first kappa shape index (κ1) is 15.3. The molecule has 1 fully saturated rings. The molecular weight excluding hydrogens is 272 g/mol. The average molecular weight is 294 g/mol. The van der Waals surface area contributed by atoms with E-state index in [9.17, 15) is 9.59 Å². The normalized spacial score (nSPS) is 18.1. The first-order chi connectivity index (χ1) is 9.90. The molecular formula is C14H22N4O3. The Morgan fingerprint density at radius 2 is 2.14 bits per heavy atom. The monoisotopic (exact) mass is 294 g/mol. The lowest BCUT2D eigenvalue weighted by Crippen LogP contribution is -2.34. The smallest absolute Gasteiger partial charge is 0.409 e. The maximum Gasteiger partial charge on any atom is 0.409 e. The summed E-state index contributed by atoms with van der Waals surface area (Å²) >= 11 is 0. The van der Waals surface area contributed by atoms with Crippen LogP contribution in [0.4, 0.5) is 4.79 Å². The number of likely N-dealkylation sites (tertiary alicyclic amines) is 1. The zero-order valence-corrected chi connectivity index (χ0v) is 12.9. The van der Waals surface area contributed by atoms with Crippen LogP contribution in [-0.4, -0.2) is 64.6 Å². The van der Waals surface area contributed by atoms with Crippen molar-refractivity contribution in [3.63, 3.8) is 0 Å². The van der Waals surface area contributed by atoms with Crippen LogP contribution in [-0.2, 0) is 4.74 Å². The van der Waals surface area contributed by atoms with E-state index in [0.717, 1.165) is 0 Å². The third-order valence-electron chi connectivity index (χ3n) is 3.48. The van der Waals surface area contributed by atoms with Crippen LogP contribution in [0.2, 0.25) is 0 Å². The molecule has 0 bridgehead atoms. The van der Waals surface area contributed by atoms with Gasteiger partial charge in [0.2, 0.25) is 0 Å². The number of amides is 2. The third kappa shape index (κ3) is 3.34. The van der Waals surface area contributed by atoms with Crippen LogP contribution < -0.4 is 0 Å². The van der Waals surface area contributed by atoms with Crippen LogP contribution in [0.3, 0.4) is 0 Å². The molecule has 0 N–H and O–H groups in total. The molecule has 1 aromatic rings. The highest BCUT2D eigenvalue weighted by Crippen LogP contribution is 2.17. The van der Waals surface area contributed by atoms with E-state index in [1.807, 2.05) is 18.4 Å². The fraction of sp³-hybridized carbons (Fsp3) is 0.643. The number of hydrogen-bond donors (Lipinski definition) is 0. The lowest BCUT2D eigenvalue weighted by molar-refractivity contribution is 0.0654. The number of nitrogens with zero attached hydrogens (tertiary/aromatic N) is 4. The Morgan fingerprint density at radius 3 is 2.76 bits per heavy atom. The van der Waals surface area contributed by atoms with E-state index in [1.54, 1.807) is 31.4 Å². The Hall–Kier alpha value is -2.05. The number of carbonyl (C=O) groups excluding carboxylic acids is 2. The summed E-state index contributed by atoms with van der Waals surface area (Å²) in [7, 11) is 3.28. The van der Waals surface area contributed by atoms with E-state index in [2.05, 4.69) is 4.98 Å². The molecule has 0 spiro atoms. The molecule has 21 heavy (non-hydrogen) atoms. The van der Waals surface area contributed by atoms with E-state index < -0.39 is 0 Å². The third-order valence-corrected chi connectivity index (χ3v) is 3.48. The number of ether oxygens (including phenoxy) is 1. The Balaban J connectivity index is 1.99. The lowest BCUT2D eigenvalue weighted by Gasteiger charge is -2.19. The molecule has 0 saturated carbocycles. The van der Waals surface area contributed by atoms with Crippen molar-refractivity contribution in [1.82, 2.24) is 19.4 Å². The minimum atomic E-state index is -0.377. The minimum Gasteiger partial charge on any atom is -0.444 e. The predicted octanol–water partition coefficient (Wildman–Crippen LogP) is 1.38. The maximum atomic E-state index is 12.5. The van der Waals surface area contributed by atoms with Crippen LogP contribution in [0.25, 0.3) is 0 Å². The van der Waals surface area contributed by atoms with Crippen LogP contribution in [0.1, 0.15) is 36.9 Å². The van der Waals surface area contributed by atoms with Gasteiger partial charge in [-0.25, -0.2) is 9.78 Å². The van der Waals surface area contributed by atoms with Gasteiger partial charge in [-0.05, 0) is 13.8 Å². The summed E-state index contributed by atoms with van der Waals surface area (Å²) in [5.41, 5.74) is 0. The van der Waals surface area contributed by atoms with Gasteiger partial charge in [0, 0.05) is 45.5 Å². The zero-order chi connectivity index (χ0) is 15.6. The van der Waals surface area contributed by atoms with Crippen molar-refractivity contribution in [3.05, 3.63) is 18.2 Å². The molecule has 2 rings (SSSR count). The van der Waals surface area contributed by atoms with E-state index in [4.69, 9.17) is 4.74 Å².